The molecule has 5 aliphatic rings. The van der Waals surface area contributed by atoms with Crippen LogP contribution in [0.3, 0.4) is 0 Å². The molecule has 7 heteroatoms. The number of rotatable bonds is 4. The smallest absolute Gasteiger partial charge is 0.326 e. The fraction of sp³-hybridized carbons (Fsp3) is 0.700. The molecule has 198 valence electrons. The second-order valence-corrected chi connectivity index (χ2v) is 12.9. The van der Waals surface area contributed by atoms with E-state index in [1.807, 2.05) is 28.8 Å². The lowest BCUT2D eigenvalue weighted by Gasteiger charge is -2.56. The lowest BCUT2D eigenvalue weighted by atomic mass is 9.65. The van der Waals surface area contributed by atoms with E-state index in [1.165, 1.54) is 51.4 Å². The highest BCUT2D eigenvalue weighted by molar-refractivity contribution is 5.81. The van der Waals surface area contributed by atoms with Gasteiger partial charge in [0.1, 0.15) is 6.04 Å². The van der Waals surface area contributed by atoms with Crippen LogP contribution >= 0.6 is 0 Å². The Morgan fingerprint density at radius 1 is 0.892 bits per heavy atom. The number of piperidine rings is 2. The molecule has 1 aromatic carbocycles. The molecule has 1 aromatic heterocycles. The van der Waals surface area contributed by atoms with E-state index >= 15 is 0 Å². The Kier molecular flexibility index (Phi) is 5.83. The lowest BCUT2D eigenvalue weighted by molar-refractivity contribution is -0.140. The van der Waals surface area contributed by atoms with Gasteiger partial charge in [0.25, 0.3) is 5.56 Å². The van der Waals surface area contributed by atoms with E-state index in [2.05, 4.69) is 11.8 Å². The zero-order chi connectivity index (χ0) is 25.3. The van der Waals surface area contributed by atoms with E-state index in [9.17, 15) is 14.7 Å². The Labute approximate surface area is 218 Å². The molecule has 2 aliphatic carbocycles. The highest BCUT2D eigenvalue weighted by Gasteiger charge is 2.46. The van der Waals surface area contributed by atoms with Gasteiger partial charge in [0.2, 0.25) is 0 Å². The Balaban J connectivity index is 1.22. The van der Waals surface area contributed by atoms with Gasteiger partial charge in [0, 0.05) is 30.7 Å². The molecule has 1 N–H and O–H groups in total. The van der Waals surface area contributed by atoms with Gasteiger partial charge < -0.3 is 14.6 Å². The third kappa shape index (κ3) is 4.00. The molecule has 7 nitrogen and oxygen atoms in total. The van der Waals surface area contributed by atoms with Gasteiger partial charge in [-0.2, -0.15) is 0 Å². The van der Waals surface area contributed by atoms with Crippen molar-refractivity contribution in [2.24, 2.45) is 17.8 Å². The topological polar surface area (TPSA) is 78.7 Å². The van der Waals surface area contributed by atoms with Crippen molar-refractivity contribution < 1.29 is 9.90 Å². The molecule has 0 spiro atoms. The van der Waals surface area contributed by atoms with Crippen LogP contribution in [0.5, 0.6) is 0 Å². The first kappa shape index (κ1) is 23.7. The fourth-order valence-electron chi connectivity index (χ4n) is 9.18. The van der Waals surface area contributed by atoms with Crippen molar-refractivity contribution in [1.29, 1.82) is 0 Å². The Bertz CT molecular complexity index is 1230. The van der Waals surface area contributed by atoms with Crippen LogP contribution in [-0.2, 0) is 4.79 Å². The average Bonchev–Trinajstić information content (AvgIpc) is 2.82. The van der Waals surface area contributed by atoms with Crippen LogP contribution in [0.2, 0.25) is 0 Å². The molecule has 5 atom stereocenters. The van der Waals surface area contributed by atoms with Gasteiger partial charge in [-0.3, -0.25) is 9.69 Å². The number of carbonyl (C=O) groups is 1. The predicted octanol–water partition coefficient (Wildman–Crippen LogP) is 4.83. The zero-order valence-electron chi connectivity index (χ0n) is 22.0. The van der Waals surface area contributed by atoms with Crippen molar-refractivity contribution in [1.82, 2.24) is 14.5 Å². The Morgan fingerprint density at radius 2 is 1.59 bits per heavy atom. The Hall–Kier alpha value is -2.41. The standard InChI is InChI=1S/C30H40N4O3/c1-18-11-19-13-20(12-18)15-23(14-19)33-21-5-4-6-22(33)17-24(16-21)34-26-8-3-2-7-25(26)31-28(29(34)35)32-10-9-27(32)30(36)37/h2-3,7-8,18-24,27H,4-6,9-17H2,1H3,(H,36,37). The van der Waals surface area contributed by atoms with E-state index in [-0.39, 0.29) is 11.6 Å². The first-order chi connectivity index (χ1) is 18.0. The minimum absolute atomic E-state index is 0.109. The van der Waals surface area contributed by atoms with Crippen LogP contribution in [0.25, 0.3) is 11.0 Å². The number of aliphatic carboxylic acids is 1. The van der Waals surface area contributed by atoms with Gasteiger partial charge in [0.05, 0.1) is 11.0 Å². The van der Waals surface area contributed by atoms with Crippen molar-refractivity contribution in [3.05, 3.63) is 34.6 Å². The summed E-state index contributed by atoms with van der Waals surface area (Å²) < 4.78 is 2.01. The number of hydrogen-bond donors (Lipinski definition) is 1. The summed E-state index contributed by atoms with van der Waals surface area (Å²) in [6.07, 6.45) is 13.3. The van der Waals surface area contributed by atoms with Gasteiger partial charge in [0.15, 0.2) is 5.82 Å². The second-order valence-electron chi connectivity index (χ2n) is 12.9. The van der Waals surface area contributed by atoms with Gasteiger partial charge in [-0.25, -0.2) is 9.78 Å². The second kappa shape index (κ2) is 9.11. The summed E-state index contributed by atoms with van der Waals surface area (Å²) >= 11 is 0. The number of anilines is 1. The summed E-state index contributed by atoms with van der Waals surface area (Å²) in [6.45, 7) is 3.02. The molecule has 37 heavy (non-hydrogen) atoms. The maximum Gasteiger partial charge on any atom is 0.326 e. The highest BCUT2D eigenvalue weighted by Crippen LogP contribution is 2.48. The van der Waals surface area contributed by atoms with Crippen molar-refractivity contribution >= 4 is 22.8 Å². The monoisotopic (exact) mass is 504 g/mol. The molecule has 4 bridgehead atoms. The summed E-state index contributed by atoms with van der Waals surface area (Å²) in [5.41, 5.74) is 1.57. The Morgan fingerprint density at radius 3 is 2.24 bits per heavy atom. The molecule has 0 radical (unpaired) electrons. The molecule has 3 saturated heterocycles. The summed E-state index contributed by atoms with van der Waals surface area (Å²) in [4.78, 5) is 35.1. The van der Waals surface area contributed by atoms with Crippen molar-refractivity contribution in [3.8, 4) is 0 Å². The van der Waals surface area contributed by atoms with E-state index in [0.29, 0.717) is 36.9 Å². The molecule has 2 aromatic rings. The van der Waals surface area contributed by atoms with Crippen molar-refractivity contribution in [2.75, 3.05) is 11.4 Å². The number of benzene rings is 1. The molecule has 3 aliphatic heterocycles. The molecule has 7 rings (SSSR count). The highest BCUT2D eigenvalue weighted by atomic mass is 16.4. The van der Waals surface area contributed by atoms with Crippen LogP contribution in [0.4, 0.5) is 5.82 Å². The van der Waals surface area contributed by atoms with Gasteiger partial charge >= 0.3 is 5.97 Å². The third-order valence-electron chi connectivity index (χ3n) is 10.5. The zero-order valence-corrected chi connectivity index (χ0v) is 22.0. The molecule has 4 heterocycles. The molecular weight excluding hydrogens is 464 g/mol. The van der Waals surface area contributed by atoms with Crippen LogP contribution in [0.15, 0.2) is 29.1 Å². The predicted molar refractivity (Wildman–Crippen MR) is 144 cm³/mol. The number of carboxylic acids is 1. The first-order valence-corrected chi connectivity index (χ1v) is 14.7. The average molecular weight is 505 g/mol. The maximum absolute atomic E-state index is 14.0. The molecule has 5 fully saturated rings. The van der Waals surface area contributed by atoms with Crippen molar-refractivity contribution in [3.63, 3.8) is 0 Å². The number of nitrogens with zero attached hydrogens (tertiary/aromatic N) is 4. The van der Waals surface area contributed by atoms with Gasteiger partial charge in [-0.1, -0.05) is 25.5 Å². The molecule has 2 saturated carbocycles. The van der Waals surface area contributed by atoms with E-state index in [1.54, 1.807) is 4.90 Å². The van der Waals surface area contributed by atoms with E-state index < -0.39 is 12.0 Å². The number of fused-ring (bicyclic) bond motifs is 5. The summed E-state index contributed by atoms with van der Waals surface area (Å²) in [5.74, 6) is 2.14. The summed E-state index contributed by atoms with van der Waals surface area (Å²) in [5, 5.41) is 9.64. The fourth-order valence-corrected chi connectivity index (χ4v) is 9.18. The SMILES string of the molecule is CC1CC2CC(C1)CC(N1C3CCCC1CC(n1c(=O)c(N4CCC4C(=O)O)nc4ccccc41)C3)C2. The van der Waals surface area contributed by atoms with Crippen LogP contribution < -0.4 is 10.5 Å². The largest absolute Gasteiger partial charge is 0.480 e. The van der Waals surface area contributed by atoms with Gasteiger partial charge in [-0.15, -0.1) is 0 Å². The van der Waals surface area contributed by atoms with Crippen LogP contribution in [0, 0.1) is 17.8 Å². The van der Waals surface area contributed by atoms with Crippen LogP contribution in [0.1, 0.15) is 83.6 Å². The minimum atomic E-state index is -0.873. The van der Waals surface area contributed by atoms with Crippen LogP contribution in [-0.4, -0.2) is 56.2 Å². The first-order valence-electron chi connectivity index (χ1n) is 14.7. The number of carboxylic acid groups (broad SMARTS) is 1. The summed E-state index contributed by atoms with van der Waals surface area (Å²) in [6, 6.07) is 9.20. The molecular formula is C30H40N4O3. The van der Waals surface area contributed by atoms with E-state index in [4.69, 9.17) is 4.98 Å². The lowest BCUT2D eigenvalue weighted by Crippen LogP contribution is -2.59. The minimum Gasteiger partial charge on any atom is -0.480 e. The summed E-state index contributed by atoms with van der Waals surface area (Å²) in [7, 11) is 0. The van der Waals surface area contributed by atoms with Crippen molar-refractivity contribution in [2.45, 2.75) is 108 Å². The number of hydrogen-bond acceptors (Lipinski definition) is 5. The molecule has 5 unspecified atom stereocenters. The van der Waals surface area contributed by atoms with E-state index in [0.717, 1.165) is 41.6 Å². The maximum atomic E-state index is 14.0. The number of aromatic nitrogens is 2. The third-order valence-corrected chi connectivity index (χ3v) is 10.5. The quantitative estimate of drug-likeness (QED) is 0.642. The normalized spacial score (nSPS) is 37.8. The molecule has 0 amide bonds. The van der Waals surface area contributed by atoms with Gasteiger partial charge in [-0.05, 0) is 94.1 Å². The number of para-hydroxylation sites is 2.